The van der Waals surface area contributed by atoms with Gasteiger partial charge in [-0.05, 0) is 50.1 Å². The lowest BCUT2D eigenvalue weighted by atomic mass is 10.0. The number of nitrogens with zero attached hydrogens (tertiary/aromatic N) is 5. The van der Waals surface area contributed by atoms with Crippen molar-refractivity contribution in [1.29, 1.82) is 0 Å². The number of piperidine rings is 1. The van der Waals surface area contributed by atoms with Gasteiger partial charge in [-0.3, -0.25) is 9.48 Å². The number of aryl methyl sites for hydroxylation is 1. The molecule has 1 amide bonds. The SMILES string of the molecule is CS(=O)(=O)N1CCc2c(c(-c3ccc(Br)cc3)nn2CCCN2CCC(N3C(=O)COc4cc(Cl)ccc43)CC2)C1. The number of sulfonamides is 1. The normalized spacial score (nSPS) is 18.7. The summed E-state index contributed by atoms with van der Waals surface area (Å²) < 4.78 is 34.9. The van der Waals surface area contributed by atoms with E-state index in [1.165, 1.54) is 6.26 Å². The van der Waals surface area contributed by atoms with Gasteiger partial charge in [-0.2, -0.15) is 9.40 Å². The molecular weight excluding hydrogens is 630 g/mol. The van der Waals surface area contributed by atoms with E-state index in [-0.39, 0.29) is 18.6 Å². The van der Waals surface area contributed by atoms with Gasteiger partial charge in [0, 0.05) is 77.6 Å². The van der Waals surface area contributed by atoms with E-state index >= 15 is 0 Å². The second-order valence-electron chi connectivity index (χ2n) is 10.9. The maximum atomic E-state index is 12.8. The number of likely N-dealkylation sites (tertiary alicyclic amines) is 1. The Morgan fingerprint density at radius 2 is 1.83 bits per heavy atom. The van der Waals surface area contributed by atoms with Gasteiger partial charge in [0.25, 0.3) is 5.91 Å². The first-order valence-electron chi connectivity index (χ1n) is 13.9. The molecule has 1 saturated heterocycles. The third kappa shape index (κ3) is 6.06. The Morgan fingerprint density at radius 3 is 2.56 bits per heavy atom. The lowest BCUT2D eigenvalue weighted by Gasteiger charge is -2.40. The second-order valence-corrected chi connectivity index (χ2v) is 14.3. The summed E-state index contributed by atoms with van der Waals surface area (Å²) in [5.74, 6) is 0.669. The van der Waals surface area contributed by atoms with Crippen molar-refractivity contribution < 1.29 is 17.9 Å². The van der Waals surface area contributed by atoms with E-state index in [4.69, 9.17) is 21.4 Å². The molecular formula is C29H33BrClN5O4S. The Morgan fingerprint density at radius 1 is 1.07 bits per heavy atom. The zero-order valence-electron chi connectivity index (χ0n) is 22.9. The Balaban J connectivity index is 1.10. The molecule has 3 aromatic rings. The van der Waals surface area contributed by atoms with Gasteiger partial charge in [-0.25, -0.2) is 8.42 Å². The molecule has 0 spiro atoms. The van der Waals surface area contributed by atoms with Crippen LogP contribution in [-0.4, -0.2) is 78.4 Å². The monoisotopic (exact) mass is 661 g/mol. The highest BCUT2D eigenvalue weighted by Gasteiger charge is 2.34. The maximum absolute atomic E-state index is 12.8. The number of hydrogen-bond acceptors (Lipinski definition) is 6. The fourth-order valence-electron chi connectivity index (χ4n) is 6.17. The second kappa shape index (κ2) is 11.7. The van der Waals surface area contributed by atoms with Crippen LogP contribution in [0.5, 0.6) is 5.75 Å². The van der Waals surface area contributed by atoms with Crippen LogP contribution in [0.15, 0.2) is 46.9 Å². The van der Waals surface area contributed by atoms with Crippen LogP contribution in [0, 0.1) is 0 Å². The molecule has 0 saturated carbocycles. The van der Waals surface area contributed by atoms with Crippen molar-refractivity contribution >= 4 is 49.1 Å². The number of amides is 1. The number of ether oxygens (including phenoxy) is 1. The first-order valence-corrected chi connectivity index (χ1v) is 17.0. The summed E-state index contributed by atoms with van der Waals surface area (Å²) in [5.41, 5.74) is 4.79. The van der Waals surface area contributed by atoms with Crippen LogP contribution in [0.25, 0.3) is 11.3 Å². The van der Waals surface area contributed by atoms with E-state index in [0.29, 0.717) is 30.3 Å². The average molecular weight is 663 g/mol. The molecule has 1 aromatic heterocycles. The summed E-state index contributed by atoms with van der Waals surface area (Å²) in [6, 6.07) is 13.6. The molecule has 1 fully saturated rings. The molecule has 2 aromatic carbocycles. The number of rotatable bonds is 7. The summed E-state index contributed by atoms with van der Waals surface area (Å²) in [7, 11) is -3.29. The molecule has 0 radical (unpaired) electrons. The Hall–Kier alpha value is -2.44. The molecule has 0 atom stereocenters. The van der Waals surface area contributed by atoms with E-state index in [2.05, 4.69) is 25.5 Å². The van der Waals surface area contributed by atoms with E-state index in [9.17, 15) is 13.2 Å². The summed E-state index contributed by atoms with van der Waals surface area (Å²) in [4.78, 5) is 17.1. The van der Waals surface area contributed by atoms with Crippen LogP contribution in [0.1, 0.15) is 30.5 Å². The molecule has 9 nitrogen and oxygen atoms in total. The number of halogens is 2. The highest BCUT2D eigenvalue weighted by Crippen LogP contribution is 2.37. The minimum absolute atomic E-state index is 0.00209. The van der Waals surface area contributed by atoms with Gasteiger partial charge < -0.3 is 14.5 Å². The van der Waals surface area contributed by atoms with E-state index < -0.39 is 10.0 Å². The van der Waals surface area contributed by atoms with Gasteiger partial charge in [-0.15, -0.1) is 0 Å². The Labute approximate surface area is 254 Å². The molecule has 12 heteroatoms. The standard InChI is InChI=1S/C29H33BrClN5O4S/c1-41(38,39)34-16-11-25-24(18-34)29(20-3-5-21(30)6-4-20)32-35(25)13-2-12-33-14-9-23(10-15-33)36-26-8-7-22(31)17-27(26)40-19-28(36)37/h3-8,17,23H,2,9-16,18-19H2,1H3. The topological polar surface area (TPSA) is 88.0 Å². The fourth-order valence-corrected chi connectivity index (χ4v) is 7.38. The van der Waals surface area contributed by atoms with Gasteiger partial charge in [0.1, 0.15) is 5.75 Å². The third-order valence-corrected chi connectivity index (χ3v) is 10.3. The number of aromatic nitrogens is 2. The third-order valence-electron chi connectivity index (χ3n) is 8.25. The van der Waals surface area contributed by atoms with E-state index in [1.807, 2.05) is 35.2 Å². The largest absolute Gasteiger partial charge is 0.482 e. The summed E-state index contributed by atoms with van der Waals surface area (Å²) in [6.07, 6.45) is 4.66. The number of hydrogen-bond donors (Lipinski definition) is 0. The number of carbonyl (C=O) groups is 1. The predicted octanol–water partition coefficient (Wildman–Crippen LogP) is 4.56. The van der Waals surface area contributed by atoms with Crippen LogP contribution in [0.4, 0.5) is 5.69 Å². The zero-order valence-corrected chi connectivity index (χ0v) is 26.1. The quantitative estimate of drug-likeness (QED) is 0.369. The average Bonchev–Trinajstić information content (AvgIpc) is 3.31. The molecule has 0 aliphatic carbocycles. The highest BCUT2D eigenvalue weighted by atomic mass is 79.9. The molecule has 0 bridgehead atoms. The molecule has 6 rings (SSSR count). The zero-order chi connectivity index (χ0) is 28.7. The molecule has 0 unspecified atom stereocenters. The summed E-state index contributed by atoms with van der Waals surface area (Å²) >= 11 is 9.63. The lowest BCUT2D eigenvalue weighted by Crippen LogP contribution is -2.50. The van der Waals surface area contributed by atoms with Crippen molar-refractivity contribution in [3.8, 4) is 17.0 Å². The number of fused-ring (bicyclic) bond motifs is 2. The number of anilines is 1. The fraction of sp³-hybridized carbons (Fsp3) is 0.448. The van der Waals surface area contributed by atoms with Crippen molar-refractivity contribution in [2.24, 2.45) is 0 Å². The van der Waals surface area contributed by atoms with Gasteiger partial charge in [-0.1, -0.05) is 39.7 Å². The van der Waals surface area contributed by atoms with Gasteiger partial charge >= 0.3 is 0 Å². The Kier molecular flexibility index (Phi) is 8.17. The molecule has 3 aliphatic rings. The molecule has 0 N–H and O–H groups in total. The van der Waals surface area contributed by atoms with Crippen molar-refractivity contribution in [1.82, 2.24) is 19.0 Å². The predicted molar refractivity (Wildman–Crippen MR) is 163 cm³/mol. The minimum atomic E-state index is -3.29. The summed E-state index contributed by atoms with van der Waals surface area (Å²) in [5, 5.41) is 5.60. The highest BCUT2D eigenvalue weighted by molar-refractivity contribution is 9.10. The lowest BCUT2D eigenvalue weighted by molar-refractivity contribution is -0.122. The van der Waals surface area contributed by atoms with Crippen molar-refractivity contribution in [2.75, 3.05) is 43.9 Å². The van der Waals surface area contributed by atoms with Crippen LogP contribution >= 0.6 is 27.5 Å². The van der Waals surface area contributed by atoms with Crippen molar-refractivity contribution in [3.63, 3.8) is 0 Å². The molecule has 4 heterocycles. The van der Waals surface area contributed by atoms with Crippen LogP contribution < -0.4 is 9.64 Å². The first-order chi connectivity index (χ1) is 19.7. The van der Waals surface area contributed by atoms with Crippen LogP contribution in [-0.2, 0) is 34.3 Å². The molecule has 41 heavy (non-hydrogen) atoms. The number of benzene rings is 2. The van der Waals surface area contributed by atoms with Gasteiger partial charge in [0.05, 0.1) is 17.6 Å². The summed E-state index contributed by atoms with van der Waals surface area (Å²) in [6.45, 7) is 4.42. The van der Waals surface area contributed by atoms with Gasteiger partial charge in [0.2, 0.25) is 10.0 Å². The van der Waals surface area contributed by atoms with Crippen molar-refractivity contribution in [2.45, 2.75) is 44.8 Å². The van der Waals surface area contributed by atoms with Crippen molar-refractivity contribution in [3.05, 3.63) is 63.2 Å². The maximum Gasteiger partial charge on any atom is 0.265 e. The molecule has 218 valence electrons. The Bertz CT molecular complexity index is 1550. The molecule has 3 aliphatic heterocycles. The van der Waals surface area contributed by atoms with E-state index in [0.717, 1.165) is 78.1 Å². The van der Waals surface area contributed by atoms with Gasteiger partial charge in [0.15, 0.2) is 6.61 Å². The first kappa shape index (κ1) is 28.7. The van der Waals surface area contributed by atoms with Crippen LogP contribution in [0.2, 0.25) is 5.02 Å². The van der Waals surface area contributed by atoms with Crippen LogP contribution in [0.3, 0.4) is 0 Å². The van der Waals surface area contributed by atoms with E-state index in [1.54, 1.807) is 16.4 Å². The smallest absolute Gasteiger partial charge is 0.265 e. The number of carbonyl (C=O) groups excluding carboxylic acids is 1. The minimum Gasteiger partial charge on any atom is -0.482 e.